The van der Waals surface area contributed by atoms with E-state index >= 15 is 0 Å². The van der Waals surface area contributed by atoms with Gasteiger partial charge in [0.05, 0.1) is 6.20 Å². The fourth-order valence-corrected chi connectivity index (χ4v) is 1.51. The Morgan fingerprint density at radius 1 is 1.67 bits per heavy atom. The Kier molecular flexibility index (Phi) is 4.79. The lowest BCUT2D eigenvalue weighted by Crippen LogP contribution is -2.21. The van der Waals surface area contributed by atoms with Crippen LogP contribution < -0.4 is 5.32 Å². The number of nitrogens with zero attached hydrogens (tertiary/aromatic N) is 1. The first-order chi connectivity index (χ1) is 7.29. The Labute approximate surface area is 89.9 Å². The maximum atomic E-state index is 13.4. The van der Waals surface area contributed by atoms with Crippen LogP contribution in [-0.4, -0.2) is 11.5 Å². The van der Waals surface area contributed by atoms with Crippen LogP contribution in [0.4, 0.5) is 4.39 Å². The smallest absolute Gasteiger partial charge is 0.146 e. The van der Waals surface area contributed by atoms with Gasteiger partial charge < -0.3 is 5.32 Å². The molecule has 1 aromatic heterocycles. The molecule has 0 amide bonds. The maximum absolute atomic E-state index is 13.4. The van der Waals surface area contributed by atoms with Gasteiger partial charge in [-0.25, -0.2) is 4.39 Å². The normalized spacial score (nSPS) is 12.1. The second-order valence-corrected chi connectivity index (χ2v) is 3.25. The van der Waals surface area contributed by atoms with E-state index in [0.717, 1.165) is 13.0 Å². The quantitative estimate of drug-likeness (QED) is 0.748. The van der Waals surface area contributed by atoms with Gasteiger partial charge in [0.2, 0.25) is 0 Å². The minimum atomic E-state index is -0.277. The molecule has 0 saturated heterocycles. The lowest BCUT2D eigenvalue weighted by molar-refractivity contribution is 0.488. The zero-order valence-corrected chi connectivity index (χ0v) is 8.83. The highest BCUT2D eigenvalue weighted by Crippen LogP contribution is 2.20. The average Bonchev–Trinajstić information content (AvgIpc) is 2.25. The highest BCUT2D eigenvalue weighted by atomic mass is 19.1. The van der Waals surface area contributed by atoms with Gasteiger partial charge in [-0.05, 0) is 19.0 Å². The Bertz CT molecular complexity index is 344. The van der Waals surface area contributed by atoms with Crippen molar-refractivity contribution in [3.63, 3.8) is 0 Å². The topological polar surface area (TPSA) is 24.9 Å². The molecule has 1 N–H and O–H groups in total. The number of rotatable bonds is 5. The number of nitrogens with one attached hydrogen (secondary N) is 1. The third-order valence-corrected chi connectivity index (χ3v) is 2.21. The summed E-state index contributed by atoms with van der Waals surface area (Å²) in [6, 6.07) is 1.67. The molecule has 80 valence electrons. The molecule has 0 fully saturated rings. The monoisotopic (exact) mass is 206 g/mol. The molecule has 0 bridgehead atoms. The van der Waals surface area contributed by atoms with E-state index < -0.39 is 0 Å². The fraction of sp³-hybridized carbons (Fsp3) is 0.417. The number of terminal acetylenes is 1. The molecule has 0 saturated carbocycles. The van der Waals surface area contributed by atoms with Crippen LogP contribution in [0.1, 0.15) is 31.4 Å². The lowest BCUT2D eigenvalue weighted by Gasteiger charge is -2.17. The summed E-state index contributed by atoms with van der Waals surface area (Å²) in [5.74, 6) is 2.29. The Morgan fingerprint density at radius 2 is 2.47 bits per heavy atom. The largest absolute Gasteiger partial charge is 0.310 e. The minimum absolute atomic E-state index is 0.0194. The average molecular weight is 206 g/mol. The Hall–Kier alpha value is -1.40. The van der Waals surface area contributed by atoms with E-state index in [2.05, 4.69) is 16.2 Å². The van der Waals surface area contributed by atoms with Gasteiger partial charge in [-0.1, -0.05) is 6.92 Å². The first-order valence-corrected chi connectivity index (χ1v) is 5.05. The van der Waals surface area contributed by atoms with Crippen molar-refractivity contribution in [2.75, 3.05) is 6.54 Å². The molecule has 3 heteroatoms. The molecular weight excluding hydrogens is 191 g/mol. The summed E-state index contributed by atoms with van der Waals surface area (Å²) in [5.41, 5.74) is 0.641. The van der Waals surface area contributed by atoms with Gasteiger partial charge in [0.1, 0.15) is 5.82 Å². The zero-order valence-electron chi connectivity index (χ0n) is 8.83. The predicted molar refractivity (Wildman–Crippen MR) is 58.7 cm³/mol. The molecule has 1 heterocycles. The number of pyridine rings is 1. The predicted octanol–water partition coefficient (Wildman–Crippen LogP) is 2.28. The molecule has 0 aliphatic heterocycles. The van der Waals surface area contributed by atoms with E-state index in [9.17, 15) is 4.39 Å². The molecule has 1 unspecified atom stereocenters. The highest BCUT2D eigenvalue weighted by Gasteiger charge is 2.13. The maximum Gasteiger partial charge on any atom is 0.146 e. The first-order valence-electron chi connectivity index (χ1n) is 5.05. The summed E-state index contributed by atoms with van der Waals surface area (Å²) in [7, 11) is 0. The van der Waals surface area contributed by atoms with Gasteiger partial charge in [0, 0.05) is 24.2 Å². The van der Waals surface area contributed by atoms with Crippen LogP contribution in [0, 0.1) is 18.2 Å². The van der Waals surface area contributed by atoms with Crippen molar-refractivity contribution < 1.29 is 4.39 Å². The molecular formula is C12H15FN2. The SMILES string of the molecule is C#CCCC(NCC)c1ccncc1F. The zero-order chi connectivity index (χ0) is 11.1. The Balaban J connectivity index is 2.79. The summed E-state index contributed by atoms with van der Waals surface area (Å²) in [6.07, 6.45) is 9.41. The summed E-state index contributed by atoms with van der Waals surface area (Å²) in [6.45, 7) is 2.78. The molecule has 0 aromatic carbocycles. The fourth-order valence-electron chi connectivity index (χ4n) is 1.51. The summed E-state index contributed by atoms with van der Waals surface area (Å²) in [5, 5.41) is 3.21. The Morgan fingerprint density at radius 3 is 3.07 bits per heavy atom. The molecule has 15 heavy (non-hydrogen) atoms. The van der Waals surface area contributed by atoms with Crippen molar-refractivity contribution in [1.82, 2.24) is 10.3 Å². The van der Waals surface area contributed by atoms with Gasteiger partial charge in [-0.3, -0.25) is 4.98 Å². The van der Waals surface area contributed by atoms with Gasteiger partial charge >= 0.3 is 0 Å². The molecule has 1 aromatic rings. The van der Waals surface area contributed by atoms with Crippen molar-refractivity contribution >= 4 is 0 Å². The van der Waals surface area contributed by atoms with E-state index in [0.29, 0.717) is 12.0 Å². The minimum Gasteiger partial charge on any atom is -0.310 e. The van der Waals surface area contributed by atoms with Crippen molar-refractivity contribution in [1.29, 1.82) is 0 Å². The standard InChI is InChI=1S/C12H15FN2/c1-3-5-6-12(15-4-2)10-7-8-14-9-11(10)13/h1,7-9,12,15H,4-6H2,2H3. The second kappa shape index (κ2) is 6.15. The highest BCUT2D eigenvalue weighted by molar-refractivity contribution is 5.17. The molecule has 1 rings (SSSR count). The molecule has 0 spiro atoms. The molecule has 0 aliphatic rings. The summed E-state index contributed by atoms with van der Waals surface area (Å²) in [4.78, 5) is 3.72. The van der Waals surface area contributed by atoms with Crippen molar-refractivity contribution in [2.24, 2.45) is 0 Å². The number of hydrogen-bond acceptors (Lipinski definition) is 2. The van der Waals surface area contributed by atoms with E-state index in [4.69, 9.17) is 6.42 Å². The van der Waals surface area contributed by atoms with Gasteiger partial charge in [0.25, 0.3) is 0 Å². The van der Waals surface area contributed by atoms with Crippen molar-refractivity contribution in [2.45, 2.75) is 25.8 Å². The number of halogens is 1. The number of hydrogen-bond donors (Lipinski definition) is 1. The van der Waals surface area contributed by atoms with Gasteiger partial charge in [-0.15, -0.1) is 12.3 Å². The molecule has 1 atom stereocenters. The van der Waals surface area contributed by atoms with Crippen LogP contribution in [0.2, 0.25) is 0 Å². The summed E-state index contributed by atoms with van der Waals surface area (Å²) < 4.78 is 13.4. The van der Waals surface area contributed by atoms with E-state index in [1.165, 1.54) is 6.20 Å². The summed E-state index contributed by atoms with van der Waals surface area (Å²) >= 11 is 0. The van der Waals surface area contributed by atoms with Gasteiger partial charge in [0.15, 0.2) is 0 Å². The van der Waals surface area contributed by atoms with E-state index in [-0.39, 0.29) is 11.9 Å². The van der Waals surface area contributed by atoms with Crippen LogP contribution in [0.15, 0.2) is 18.5 Å². The van der Waals surface area contributed by atoms with E-state index in [1.54, 1.807) is 12.3 Å². The van der Waals surface area contributed by atoms with Crippen LogP contribution in [0.5, 0.6) is 0 Å². The van der Waals surface area contributed by atoms with Crippen LogP contribution in [0.3, 0.4) is 0 Å². The van der Waals surface area contributed by atoms with Crippen molar-refractivity contribution in [3.05, 3.63) is 29.8 Å². The van der Waals surface area contributed by atoms with Crippen LogP contribution >= 0.6 is 0 Å². The number of aromatic nitrogens is 1. The van der Waals surface area contributed by atoms with Crippen LogP contribution in [0.25, 0.3) is 0 Å². The molecule has 0 aliphatic carbocycles. The van der Waals surface area contributed by atoms with E-state index in [1.807, 2.05) is 6.92 Å². The third kappa shape index (κ3) is 3.34. The second-order valence-electron chi connectivity index (χ2n) is 3.25. The van der Waals surface area contributed by atoms with Crippen LogP contribution in [-0.2, 0) is 0 Å². The van der Waals surface area contributed by atoms with Gasteiger partial charge in [-0.2, -0.15) is 0 Å². The molecule has 0 radical (unpaired) electrons. The lowest BCUT2D eigenvalue weighted by atomic mass is 10.0. The van der Waals surface area contributed by atoms with Crippen molar-refractivity contribution in [3.8, 4) is 12.3 Å². The molecule has 2 nitrogen and oxygen atoms in total. The third-order valence-electron chi connectivity index (χ3n) is 2.21. The first kappa shape index (κ1) is 11.7.